The minimum atomic E-state index is -0.596. The SMILES string of the molecule is CCN(C(=O)c1cc(OC)c(OC)cc1[N+](=O)[O-])c1ccccc1C. The Balaban J connectivity index is 2.60. The van der Waals surface area contributed by atoms with Crippen LogP contribution in [0.4, 0.5) is 11.4 Å². The summed E-state index contributed by atoms with van der Waals surface area (Å²) in [5, 5.41) is 11.4. The van der Waals surface area contributed by atoms with E-state index in [1.165, 1.54) is 31.3 Å². The predicted molar refractivity (Wildman–Crippen MR) is 94.7 cm³/mol. The molecule has 0 saturated carbocycles. The fraction of sp³-hybridized carbons (Fsp3) is 0.278. The molecule has 0 saturated heterocycles. The summed E-state index contributed by atoms with van der Waals surface area (Å²) in [5.41, 5.74) is 1.24. The molecule has 1 amide bonds. The highest BCUT2D eigenvalue weighted by Crippen LogP contribution is 2.36. The maximum Gasteiger partial charge on any atom is 0.286 e. The van der Waals surface area contributed by atoms with Crippen LogP contribution in [0.2, 0.25) is 0 Å². The first-order valence-electron chi connectivity index (χ1n) is 7.72. The van der Waals surface area contributed by atoms with Crippen molar-refractivity contribution in [2.24, 2.45) is 0 Å². The van der Waals surface area contributed by atoms with Crippen molar-refractivity contribution < 1.29 is 19.2 Å². The molecule has 0 unspecified atom stereocenters. The predicted octanol–water partition coefficient (Wildman–Crippen LogP) is 3.59. The number of carbonyl (C=O) groups excluding carboxylic acids is 1. The molecule has 0 bridgehead atoms. The number of nitrogens with zero attached hydrogens (tertiary/aromatic N) is 2. The molecule has 0 spiro atoms. The molecule has 0 radical (unpaired) electrons. The van der Waals surface area contributed by atoms with E-state index in [1.54, 1.807) is 0 Å². The molecule has 2 aromatic carbocycles. The second-order valence-electron chi connectivity index (χ2n) is 5.32. The number of benzene rings is 2. The van der Waals surface area contributed by atoms with Gasteiger partial charge in [-0.25, -0.2) is 0 Å². The highest BCUT2D eigenvalue weighted by Gasteiger charge is 2.28. The second kappa shape index (κ2) is 7.65. The van der Waals surface area contributed by atoms with E-state index in [-0.39, 0.29) is 22.7 Å². The average Bonchev–Trinajstić information content (AvgIpc) is 2.62. The number of anilines is 1. The zero-order valence-electron chi connectivity index (χ0n) is 14.6. The molecule has 25 heavy (non-hydrogen) atoms. The van der Waals surface area contributed by atoms with E-state index >= 15 is 0 Å². The molecule has 0 aliphatic rings. The zero-order valence-corrected chi connectivity index (χ0v) is 14.6. The summed E-state index contributed by atoms with van der Waals surface area (Å²) in [6.45, 7) is 4.07. The number of para-hydroxylation sites is 1. The summed E-state index contributed by atoms with van der Waals surface area (Å²) in [5.74, 6) is -0.00794. The van der Waals surface area contributed by atoms with Gasteiger partial charge >= 0.3 is 0 Å². The quantitative estimate of drug-likeness (QED) is 0.591. The Labute approximate surface area is 145 Å². The van der Waals surface area contributed by atoms with Crippen LogP contribution < -0.4 is 14.4 Å². The van der Waals surface area contributed by atoms with E-state index in [0.717, 1.165) is 5.56 Å². The number of nitro groups is 1. The molecule has 132 valence electrons. The first-order valence-corrected chi connectivity index (χ1v) is 7.72. The van der Waals surface area contributed by atoms with Gasteiger partial charge in [-0.15, -0.1) is 0 Å². The third-order valence-corrected chi connectivity index (χ3v) is 3.90. The molecule has 0 fully saturated rings. The van der Waals surface area contributed by atoms with E-state index in [1.807, 2.05) is 38.1 Å². The van der Waals surface area contributed by atoms with Crippen molar-refractivity contribution in [1.82, 2.24) is 0 Å². The molecule has 0 aromatic heterocycles. The van der Waals surface area contributed by atoms with Gasteiger partial charge in [0.25, 0.3) is 11.6 Å². The van der Waals surface area contributed by atoms with Gasteiger partial charge in [-0.3, -0.25) is 14.9 Å². The largest absolute Gasteiger partial charge is 0.493 e. The van der Waals surface area contributed by atoms with Crippen LogP contribution in [0.15, 0.2) is 36.4 Å². The molecule has 0 atom stereocenters. The summed E-state index contributed by atoms with van der Waals surface area (Å²) in [7, 11) is 2.80. The van der Waals surface area contributed by atoms with Gasteiger partial charge in [-0.1, -0.05) is 18.2 Å². The number of hydrogen-bond acceptors (Lipinski definition) is 5. The minimum Gasteiger partial charge on any atom is -0.493 e. The smallest absolute Gasteiger partial charge is 0.286 e. The Morgan fingerprint density at radius 3 is 2.28 bits per heavy atom. The number of amides is 1. The highest BCUT2D eigenvalue weighted by atomic mass is 16.6. The molecule has 7 nitrogen and oxygen atoms in total. The van der Waals surface area contributed by atoms with Crippen LogP contribution in [-0.2, 0) is 0 Å². The van der Waals surface area contributed by atoms with Crippen molar-refractivity contribution in [3.05, 3.63) is 57.6 Å². The molecule has 0 heterocycles. The lowest BCUT2D eigenvalue weighted by Crippen LogP contribution is -2.31. The number of aryl methyl sites for hydroxylation is 1. The molecule has 0 aliphatic heterocycles. The Bertz CT molecular complexity index is 804. The third-order valence-electron chi connectivity index (χ3n) is 3.90. The standard InChI is InChI=1S/C18H20N2O5/c1-5-19(14-9-7-6-8-12(14)2)18(21)13-10-16(24-3)17(25-4)11-15(13)20(22)23/h6-11H,5H2,1-4H3. The topological polar surface area (TPSA) is 81.9 Å². The van der Waals surface area contributed by atoms with Crippen LogP contribution in [0.5, 0.6) is 11.5 Å². The number of hydrogen-bond donors (Lipinski definition) is 0. The molecule has 2 aromatic rings. The maximum absolute atomic E-state index is 13.0. The van der Waals surface area contributed by atoms with Crippen molar-refractivity contribution in [2.75, 3.05) is 25.7 Å². The first-order chi connectivity index (χ1) is 11.9. The number of rotatable bonds is 6. The Hall–Kier alpha value is -3.09. The Morgan fingerprint density at radius 2 is 1.76 bits per heavy atom. The van der Waals surface area contributed by atoms with Gasteiger partial charge in [0.2, 0.25) is 0 Å². The van der Waals surface area contributed by atoms with Gasteiger partial charge in [0.15, 0.2) is 11.5 Å². The Kier molecular flexibility index (Phi) is 5.59. The number of methoxy groups -OCH3 is 2. The number of ether oxygens (including phenoxy) is 2. The maximum atomic E-state index is 13.0. The van der Waals surface area contributed by atoms with Crippen LogP contribution in [0, 0.1) is 17.0 Å². The minimum absolute atomic E-state index is 0.0484. The van der Waals surface area contributed by atoms with E-state index in [2.05, 4.69) is 0 Å². The fourth-order valence-electron chi connectivity index (χ4n) is 2.63. The average molecular weight is 344 g/mol. The monoisotopic (exact) mass is 344 g/mol. The lowest BCUT2D eigenvalue weighted by atomic mass is 10.1. The summed E-state index contributed by atoms with van der Waals surface area (Å²) in [4.78, 5) is 25.4. The van der Waals surface area contributed by atoms with Crippen molar-refractivity contribution in [3.8, 4) is 11.5 Å². The van der Waals surface area contributed by atoms with Gasteiger partial charge in [-0.05, 0) is 25.5 Å². The Morgan fingerprint density at radius 1 is 1.16 bits per heavy atom. The third kappa shape index (κ3) is 3.55. The van der Waals surface area contributed by atoms with Gasteiger partial charge in [0.05, 0.1) is 25.2 Å². The van der Waals surface area contributed by atoms with Crippen molar-refractivity contribution >= 4 is 17.3 Å². The van der Waals surface area contributed by atoms with Crippen LogP contribution in [0.3, 0.4) is 0 Å². The summed E-state index contributed by atoms with van der Waals surface area (Å²) >= 11 is 0. The van der Waals surface area contributed by atoms with Gasteiger partial charge in [0, 0.05) is 18.3 Å². The molecule has 0 aliphatic carbocycles. The van der Waals surface area contributed by atoms with Crippen molar-refractivity contribution in [2.45, 2.75) is 13.8 Å². The van der Waals surface area contributed by atoms with E-state index < -0.39 is 10.8 Å². The number of carbonyl (C=O) groups is 1. The van der Waals surface area contributed by atoms with Crippen LogP contribution in [0.25, 0.3) is 0 Å². The van der Waals surface area contributed by atoms with E-state index in [4.69, 9.17) is 9.47 Å². The lowest BCUT2D eigenvalue weighted by Gasteiger charge is -2.23. The second-order valence-corrected chi connectivity index (χ2v) is 5.32. The summed E-state index contributed by atoms with van der Waals surface area (Å²) in [6, 6.07) is 9.94. The van der Waals surface area contributed by atoms with E-state index in [0.29, 0.717) is 12.2 Å². The molecular formula is C18H20N2O5. The molecular weight excluding hydrogens is 324 g/mol. The molecule has 7 heteroatoms. The van der Waals surface area contributed by atoms with Gasteiger partial charge in [-0.2, -0.15) is 0 Å². The zero-order chi connectivity index (χ0) is 18.6. The fourth-order valence-corrected chi connectivity index (χ4v) is 2.63. The van der Waals surface area contributed by atoms with E-state index in [9.17, 15) is 14.9 Å². The normalized spacial score (nSPS) is 10.2. The van der Waals surface area contributed by atoms with Crippen molar-refractivity contribution in [1.29, 1.82) is 0 Å². The van der Waals surface area contributed by atoms with Crippen LogP contribution in [0.1, 0.15) is 22.8 Å². The van der Waals surface area contributed by atoms with Crippen molar-refractivity contribution in [3.63, 3.8) is 0 Å². The summed E-state index contributed by atoms with van der Waals surface area (Å²) < 4.78 is 10.3. The first kappa shape index (κ1) is 18.3. The lowest BCUT2D eigenvalue weighted by molar-refractivity contribution is -0.385. The van der Waals surface area contributed by atoms with Crippen LogP contribution in [-0.4, -0.2) is 31.6 Å². The number of nitro benzene ring substituents is 1. The summed E-state index contributed by atoms with van der Waals surface area (Å²) in [6.07, 6.45) is 0. The van der Waals surface area contributed by atoms with Gasteiger partial charge in [0.1, 0.15) is 5.56 Å². The molecule has 0 N–H and O–H groups in total. The van der Waals surface area contributed by atoms with Gasteiger partial charge < -0.3 is 14.4 Å². The molecule has 2 rings (SSSR count). The van der Waals surface area contributed by atoms with Crippen LogP contribution >= 0.6 is 0 Å². The highest BCUT2D eigenvalue weighted by molar-refractivity contribution is 6.09.